The molecule has 1 fully saturated rings. The van der Waals surface area contributed by atoms with Gasteiger partial charge < -0.3 is 9.47 Å². The van der Waals surface area contributed by atoms with Crippen LogP contribution in [-0.4, -0.2) is 24.3 Å². The maximum atomic E-state index is 11.1. The zero-order valence-corrected chi connectivity index (χ0v) is 10.0. The van der Waals surface area contributed by atoms with E-state index < -0.39 is 5.60 Å². The third-order valence-electron chi connectivity index (χ3n) is 2.98. The lowest BCUT2D eigenvalue weighted by Gasteiger charge is -2.38. The fraction of sp³-hybridized carbons (Fsp3) is 0.917. The van der Waals surface area contributed by atoms with Crippen LogP contribution in [0.3, 0.4) is 0 Å². The van der Waals surface area contributed by atoms with E-state index in [9.17, 15) is 4.79 Å². The monoisotopic (exact) mass is 214 g/mol. The highest BCUT2D eigenvalue weighted by atomic mass is 16.6. The van der Waals surface area contributed by atoms with Crippen LogP contribution in [0.4, 0.5) is 0 Å². The summed E-state index contributed by atoms with van der Waals surface area (Å²) < 4.78 is 11.2. The Morgan fingerprint density at radius 3 is 2.73 bits per heavy atom. The predicted octanol–water partition coefficient (Wildman–Crippen LogP) is 2.68. The first-order valence-corrected chi connectivity index (χ1v) is 5.89. The van der Waals surface area contributed by atoms with Crippen molar-refractivity contribution in [2.75, 3.05) is 6.61 Å². The highest BCUT2D eigenvalue weighted by Gasteiger charge is 2.38. The molecule has 1 aliphatic rings. The Bertz CT molecular complexity index is 209. The smallest absolute Gasteiger partial charge is 0.303 e. The van der Waals surface area contributed by atoms with Crippen molar-refractivity contribution in [1.82, 2.24) is 0 Å². The summed E-state index contributed by atoms with van der Waals surface area (Å²) in [5.74, 6) is -0.208. The van der Waals surface area contributed by atoms with Crippen LogP contribution in [0.2, 0.25) is 0 Å². The van der Waals surface area contributed by atoms with Crippen LogP contribution < -0.4 is 0 Å². The molecule has 0 spiro atoms. The second kappa shape index (κ2) is 5.50. The maximum absolute atomic E-state index is 11.1. The fourth-order valence-electron chi connectivity index (χ4n) is 2.32. The molecule has 1 heterocycles. The summed E-state index contributed by atoms with van der Waals surface area (Å²) in [4.78, 5) is 11.1. The minimum Gasteiger partial charge on any atom is -0.457 e. The number of esters is 1. The summed E-state index contributed by atoms with van der Waals surface area (Å²) in [6.07, 6.45) is 5.25. The van der Waals surface area contributed by atoms with Gasteiger partial charge in [-0.15, -0.1) is 0 Å². The van der Waals surface area contributed by atoms with Gasteiger partial charge in [0.05, 0.1) is 6.10 Å². The van der Waals surface area contributed by atoms with Crippen LogP contribution in [0.5, 0.6) is 0 Å². The fourth-order valence-corrected chi connectivity index (χ4v) is 2.32. The van der Waals surface area contributed by atoms with E-state index in [2.05, 4.69) is 6.92 Å². The van der Waals surface area contributed by atoms with E-state index in [1.165, 1.54) is 13.3 Å². The lowest BCUT2D eigenvalue weighted by atomic mass is 9.88. The number of carbonyl (C=O) groups is 1. The van der Waals surface area contributed by atoms with Crippen LogP contribution in [0, 0.1) is 0 Å². The molecule has 0 aliphatic carbocycles. The van der Waals surface area contributed by atoms with E-state index in [-0.39, 0.29) is 12.1 Å². The van der Waals surface area contributed by atoms with Gasteiger partial charge in [-0.2, -0.15) is 0 Å². The second-order valence-electron chi connectivity index (χ2n) is 4.51. The largest absolute Gasteiger partial charge is 0.457 e. The summed E-state index contributed by atoms with van der Waals surface area (Å²) in [5.41, 5.74) is -0.430. The molecule has 1 rings (SSSR count). The first kappa shape index (κ1) is 12.5. The van der Waals surface area contributed by atoms with Crippen molar-refractivity contribution in [2.45, 2.75) is 64.6 Å². The quantitative estimate of drug-likeness (QED) is 0.675. The number of rotatable bonds is 4. The highest BCUT2D eigenvalue weighted by molar-refractivity contribution is 5.66. The van der Waals surface area contributed by atoms with Gasteiger partial charge in [0, 0.05) is 13.5 Å². The van der Waals surface area contributed by atoms with E-state index in [0.29, 0.717) is 0 Å². The lowest BCUT2D eigenvalue weighted by Crippen LogP contribution is -2.46. The Labute approximate surface area is 92.1 Å². The zero-order valence-electron chi connectivity index (χ0n) is 10.0. The maximum Gasteiger partial charge on any atom is 0.303 e. The first-order chi connectivity index (χ1) is 7.08. The van der Waals surface area contributed by atoms with E-state index in [1.54, 1.807) is 0 Å². The Morgan fingerprint density at radius 1 is 1.53 bits per heavy atom. The van der Waals surface area contributed by atoms with Gasteiger partial charge in [-0.05, 0) is 32.6 Å². The molecular formula is C12H22O3. The molecule has 0 N–H and O–H groups in total. The van der Waals surface area contributed by atoms with Crippen LogP contribution in [0.25, 0.3) is 0 Å². The third kappa shape index (κ3) is 3.49. The summed E-state index contributed by atoms with van der Waals surface area (Å²) in [5, 5.41) is 0. The molecule has 3 heteroatoms. The zero-order chi connectivity index (χ0) is 11.3. The van der Waals surface area contributed by atoms with Crippen molar-refractivity contribution in [2.24, 2.45) is 0 Å². The van der Waals surface area contributed by atoms with Crippen molar-refractivity contribution in [3.63, 3.8) is 0 Å². The highest BCUT2D eigenvalue weighted by Crippen LogP contribution is 2.30. The van der Waals surface area contributed by atoms with Gasteiger partial charge in [0.1, 0.15) is 5.60 Å². The second-order valence-corrected chi connectivity index (χ2v) is 4.51. The molecule has 3 nitrogen and oxygen atoms in total. The van der Waals surface area contributed by atoms with Crippen LogP contribution >= 0.6 is 0 Å². The van der Waals surface area contributed by atoms with Gasteiger partial charge in [0.15, 0.2) is 0 Å². The molecule has 1 aliphatic heterocycles. The molecule has 0 aromatic rings. The molecule has 1 saturated heterocycles. The van der Waals surface area contributed by atoms with Gasteiger partial charge in [-0.3, -0.25) is 4.79 Å². The van der Waals surface area contributed by atoms with Crippen molar-refractivity contribution in [3.8, 4) is 0 Å². The average molecular weight is 214 g/mol. The topological polar surface area (TPSA) is 35.5 Å². The number of hydrogen-bond acceptors (Lipinski definition) is 3. The molecule has 0 bridgehead atoms. The standard InChI is InChI=1S/C12H22O3/c1-4-8-12(3,15-10(2)13)11-7-5-6-9-14-11/h11H,4-9H2,1-3H3. The molecule has 2 unspecified atom stereocenters. The van der Waals surface area contributed by atoms with Gasteiger partial charge >= 0.3 is 5.97 Å². The Hall–Kier alpha value is -0.570. The summed E-state index contributed by atoms with van der Waals surface area (Å²) >= 11 is 0. The van der Waals surface area contributed by atoms with Gasteiger partial charge in [0.25, 0.3) is 0 Å². The average Bonchev–Trinajstić information content (AvgIpc) is 2.18. The molecule has 0 radical (unpaired) electrons. The van der Waals surface area contributed by atoms with E-state index in [0.717, 1.165) is 32.3 Å². The Balaban J connectivity index is 2.64. The van der Waals surface area contributed by atoms with E-state index in [4.69, 9.17) is 9.47 Å². The Morgan fingerprint density at radius 2 is 2.27 bits per heavy atom. The van der Waals surface area contributed by atoms with Crippen molar-refractivity contribution in [3.05, 3.63) is 0 Å². The SMILES string of the molecule is CCCC(C)(OC(C)=O)C1CCCCO1. The summed E-state index contributed by atoms with van der Waals surface area (Å²) in [6, 6.07) is 0. The number of hydrogen-bond donors (Lipinski definition) is 0. The van der Waals surface area contributed by atoms with Crippen LogP contribution in [-0.2, 0) is 14.3 Å². The lowest BCUT2D eigenvalue weighted by molar-refractivity contribution is -0.180. The van der Waals surface area contributed by atoms with Gasteiger partial charge in [-0.25, -0.2) is 0 Å². The Kier molecular flexibility index (Phi) is 4.58. The molecule has 88 valence electrons. The number of ether oxygens (including phenoxy) is 2. The van der Waals surface area contributed by atoms with E-state index >= 15 is 0 Å². The van der Waals surface area contributed by atoms with Crippen molar-refractivity contribution in [1.29, 1.82) is 0 Å². The minimum absolute atomic E-state index is 0.0788. The summed E-state index contributed by atoms with van der Waals surface area (Å²) in [7, 11) is 0. The normalized spacial score (nSPS) is 25.7. The number of carbonyl (C=O) groups excluding carboxylic acids is 1. The van der Waals surface area contributed by atoms with Crippen LogP contribution in [0.15, 0.2) is 0 Å². The molecule has 0 saturated carbocycles. The van der Waals surface area contributed by atoms with Crippen LogP contribution in [0.1, 0.15) is 52.9 Å². The molecular weight excluding hydrogens is 192 g/mol. The third-order valence-corrected chi connectivity index (χ3v) is 2.98. The van der Waals surface area contributed by atoms with E-state index in [1.807, 2.05) is 6.92 Å². The molecule has 0 amide bonds. The first-order valence-electron chi connectivity index (χ1n) is 5.89. The van der Waals surface area contributed by atoms with Gasteiger partial charge in [-0.1, -0.05) is 13.3 Å². The molecule has 15 heavy (non-hydrogen) atoms. The van der Waals surface area contributed by atoms with Crippen molar-refractivity contribution < 1.29 is 14.3 Å². The molecule has 0 aromatic heterocycles. The molecule has 2 atom stereocenters. The van der Waals surface area contributed by atoms with Crippen molar-refractivity contribution >= 4 is 5.97 Å². The molecule has 0 aromatic carbocycles. The van der Waals surface area contributed by atoms with Gasteiger partial charge in [0.2, 0.25) is 0 Å². The summed E-state index contributed by atoms with van der Waals surface area (Å²) in [6.45, 7) is 6.36. The predicted molar refractivity (Wildman–Crippen MR) is 58.7 cm³/mol. The minimum atomic E-state index is -0.430.